The number of nitrogen functional groups attached to an aromatic ring is 1. The molecule has 0 radical (unpaired) electrons. The van der Waals surface area contributed by atoms with Crippen molar-refractivity contribution in [2.45, 2.75) is 13.8 Å². The number of nitrogens with zero attached hydrogens (tertiary/aromatic N) is 2. The van der Waals surface area contributed by atoms with Crippen LogP contribution in [0.25, 0.3) is 11.0 Å². The molecule has 19 heavy (non-hydrogen) atoms. The van der Waals surface area contributed by atoms with E-state index in [9.17, 15) is 0 Å². The van der Waals surface area contributed by atoms with Crippen LogP contribution in [0.1, 0.15) is 11.3 Å². The van der Waals surface area contributed by atoms with E-state index in [0.717, 1.165) is 22.3 Å². The van der Waals surface area contributed by atoms with E-state index in [1.807, 2.05) is 26.0 Å². The van der Waals surface area contributed by atoms with E-state index < -0.39 is 0 Å². The van der Waals surface area contributed by atoms with Crippen LogP contribution in [-0.2, 0) is 0 Å². The smallest absolute Gasteiger partial charge is 0.232 e. The zero-order chi connectivity index (χ0) is 13.4. The SMILES string of the molecule is Cc1[nH]c2ncnc(Oc3ccc(N)cc3)c2c1C. The van der Waals surface area contributed by atoms with E-state index in [0.29, 0.717) is 17.3 Å². The Balaban J connectivity index is 2.07. The normalized spacial score (nSPS) is 10.8. The summed E-state index contributed by atoms with van der Waals surface area (Å²) >= 11 is 0. The lowest BCUT2D eigenvalue weighted by atomic mass is 10.2. The first kappa shape index (κ1) is 11.5. The second-order valence-electron chi connectivity index (χ2n) is 4.45. The summed E-state index contributed by atoms with van der Waals surface area (Å²) in [6, 6.07) is 7.22. The number of hydrogen-bond donors (Lipinski definition) is 2. The van der Waals surface area contributed by atoms with E-state index in [2.05, 4.69) is 15.0 Å². The molecule has 2 aromatic heterocycles. The van der Waals surface area contributed by atoms with Gasteiger partial charge >= 0.3 is 0 Å². The number of anilines is 1. The minimum atomic E-state index is 0.552. The molecule has 0 amide bonds. The maximum atomic E-state index is 5.81. The average molecular weight is 254 g/mol. The first-order valence-electron chi connectivity index (χ1n) is 5.98. The lowest BCUT2D eigenvalue weighted by Gasteiger charge is -2.06. The zero-order valence-electron chi connectivity index (χ0n) is 10.8. The molecule has 5 nitrogen and oxygen atoms in total. The molecule has 3 rings (SSSR count). The Bertz CT molecular complexity index is 731. The maximum absolute atomic E-state index is 5.81. The van der Waals surface area contributed by atoms with Crippen molar-refractivity contribution in [2.75, 3.05) is 5.73 Å². The highest BCUT2D eigenvalue weighted by molar-refractivity contribution is 5.86. The maximum Gasteiger partial charge on any atom is 0.232 e. The van der Waals surface area contributed by atoms with Gasteiger partial charge in [0, 0.05) is 11.4 Å². The molecule has 0 fully saturated rings. The Kier molecular flexibility index (Phi) is 2.59. The summed E-state index contributed by atoms with van der Waals surface area (Å²) in [5, 5.41) is 0.914. The molecule has 96 valence electrons. The molecule has 0 bridgehead atoms. The van der Waals surface area contributed by atoms with Gasteiger partial charge in [0.15, 0.2) is 0 Å². The topological polar surface area (TPSA) is 76.8 Å². The molecule has 0 saturated heterocycles. The van der Waals surface area contributed by atoms with Crippen molar-refractivity contribution in [3.05, 3.63) is 41.9 Å². The fraction of sp³-hybridized carbons (Fsp3) is 0.143. The number of rotatable bonds is 2. The van der Waals surface area contributed by atoms with Gasteiger partial charge in [-0.25, -0.2) is 9.97 Å². The molecule has 0 atom stereocenters. The fourth-order valence-electron chi connectivity index (χ4n) is 1.99. The van der Waals surface area contributed by atoms with Gasteiger partial charge in [0.05, 0.1) is 5.39 Å². The van der Waals surface area contributed by atoms with Gasteiger partial charge in [-0.2, -0.15) is 0 Å². The van der Waals surface area contributed by atoms with Gasteiger partial charge in [0.1, 0.15) is 17.7 Å². The summed E-state index contributed by atoms with van der Waals surface area (Å²) in [6.07, 6.45) is 1.49. The minimum Gasteiger partial charge on any atom is -0.438 e. The Morgan fingerprint density at radius 2 is 1.84 bits per heavy atom. The summed E-state index contributed by atoms with van der Waals surface area (Å²) in [5.74, 6) is 1.25. The summed E-state index contributed by atoms with van der Waals surface area (Å²) in [4.78, 5) is 11.6. The quantitative estimate of drug-likeness (QED) is 0.689. The highest BCUT2D eigenvalue weighted by atomic mass is 16.5. The molecule has 0 unspecified atom stereocenters. The number of nitrogens with two attached hydrogens (primary N) is 1. The monoisotopic (exact) mass is 254 g/mol. The molecule has 0 aliphatic carbocycles. The molecular weight excluding hydrogens is 240 g/mol. The van der Waals surface area contributed by atoms with Gasteiger partial charge in [0.2, 0.25) is 5.88 Å². The molecule has 2 heterocycles. The summed E-state index contributed by atoms with van der Waals surface area (Å²) in [6.45, 7) is 4.03. The van der Waals surface area contributed by atoms with Crippen molar-refractivity contribution in [3.8, 4) is 11.6 Å². The Morgan fingerprint density at radius 1 is 1.11 bits per heavy atom. The number of aromatic amines is 1. The van der Waals surface area contributed by atoms with Crippen LogP contribution in [0.3, 0.4) is 0 Å². The van der Waals surface area contributed by atoms with Crippen molar-refractivity contribution < 1.29 is 4.74 Å². The molecular formula is C14H14N4O. The van der Waals surface area contributed by atoms with Crippen molar-refractivity contribution in [1.82, 2.24) is 15.0 Å². The second kappa shape index (κ2) is 4.28. The van der Waals surface area contributed by atoms with Crippen molar-refractivity contribution in [1.29, 1.82) is 0 Å². The Labute approximate surface area is 110 Å². The van der Waals surface area contributed by atoms with Crippen molar-refractivity contribution in [2.24, 2.45) is 0 Å². The van der Waals surface area contributed by atoms with E-state index >= 15 is 0 Å². The highest BCUT2D eigenvalue weighted by Gasteiger charge is 2.12. The van der Waals surface area contributed by atoms with Crippen LogP contribution in [0.2, 0.25) is 0 Å². The third kappa shape index (κ3) is 1.99. The van der Waals surface area contributed by atoms with Crippen LogP contribution in [0.15, 0.2) is 30.6 Å². The molecule has 0 saturated carbocycles. The number of hydrogen-bond acceptors (Lipinski definition) is 4. The van der Waals surface area contributed by atoms with Crippen LogP contribution >= 0.6 is 0 Å². The van der Waals surface area contributed by atoms with Crippen LogP contribution < -0.4 is 10.5 Å². The zero-order valence-corrected chi connectivity index (χ0v) is 10.8. The number of aryl methyl sites for hydroxylation is 2. The van der Waals surface area contributed by atoms with Crippen molar-refractivity contribution >= 4 is 16.7 Å². The number of benzene rings is 1. The van der Waals surface area contributed by atoms with E-state index in [-0.39, 0.29) is 0 Å². The van der Waals surface area contributed by atoms with Gasteiger partial charge in [-0.3, -0.25) is 0 Å². The predicted octanol–water partition coefficient (Wildman–Crippen LogP) is 2.95. The lowest BCUT2D eigenvalue weighted by molar-refractivity contribution is 0.468. The largest absolute Gasteiger partial charge is 0.438 e. The van der Waals surface area contributed by atoms with Crippen LogP contribution in [-0.4, -0.2) is 15.0 Å². The molecule has 3 N–H and O–H groups in total. The number of aromatic nitrogens is 3. The van der Waals surface area contributed by atoms with Gasteiger partial charge in [0.25, 0.3) is 0 Å². The van der Waals surface area contributed by atoms with Gasteiger partial charge < -0.3 is 15.5 Å². The van der Waals surface area contributed by atoms with E-state index in [4.69, 9.17) is 10.5 Å². The third-order valence-electron chi connectivity index (χ3n) is 3.15. The van der Waals surface area contributed by atoms with Crippen LogP contribution in [0.5, 0.6) is 11.6 Å². The number of H-pyrrole nitrogens is 1. The number of fused-ring (bicyclic) bond motifs is 1. The average Bonchev–Trinajstić information content (AvgIpc) is 2.69. The minimum absolute atomic E-state index is 0.552. The molecule has 3 aromatic rings. The highest BCUT2D eigenvalue weighted by Crippen LogP contribution is 2.30. The van der Waals surface area contributed by atoms with Crippen LogP contribution in [0.4, 0.5) is 5.69 Å². The van der Waals surface area contributed by atoms with E-state index in [1.54, 1.807) is 12.1 Å². The lowest BCUT2D eigenvalue weighted by Crippen LogP contribution is -1.91. The second-order valence-corrected chi connectivity index (χ2v) is 4.45. The molecule has 1 aromatic carbocycles. The molecule has 0 spiro atoms. The van der Waals surface area contributed by atoms with Crippen molar-refractivity contribution in [3.63, 3.8) is 0 Å². The standard InChI is InChI=1S/C14H14N4O/c1-8-9(2)18-13-12(8)14(17-7-16-13)19-11-5-3-10(15)4-6-11/h3-7H,15H2,1-2H3,(H,16,17,18). The van der Waals surface area contributed by atoms with Gasteiger partial charge in [-0.05, 0) is 43.7 Å². The molecule has 0 aliphatic heterocycles. The summed E-state index contributed by atoms with van der Waals surface area (Å²) in [7, 11) is 0. The Hall–Kier alpha value is -2.56. The molecule has 0 aliphatic rings. The van der Waals surface area contributed by atoms with Gasteiger partial charge in [-0.15, -0.1) is 0 Å². The molecule has 5 heteroatoms. The first-order valence-corrected chi connectivity index (χ1v) is 5.98. The first-order chi connectivity index (χ1) is 9.15. The Morgan fingerprint density at radius 3 is 2.58 bits per heavy atom. The van der Waals surface area contributed by atoms with Gasteiger partial charge in [-0.1, -0.05) is 0 Å². The third-order valence-corrected chi connectivity index (χ3v) is 3.15. The summed E-state index contributed by atoms with van der Waals surface area (Å²) < 4.78 is 5.81. The van der Waals surface area contributed by atoms with E-state index in [1.165, 1.54) is 6.33 Å². The number of nitrogens with one attached hydrogen (secondary N) is 1. The van der Waals surface area contributed by atoms with Crippen LogP contribution in [0, 0.1) is 13.8 Å². The summed E-state index contributed by atoms with van der Waals surface area (Å²) in [5.41, 5.74) is 9.31. The fourth-order valence-corrected chi connectivity index (χ4v) is 1.99. The predicted molar refractivity (Wildman–Crippen MR) is 74.3 cm³/mol. The number of ether oxygens (including phenoxy) is 1.